The van der Waals surface area contributed by atoms with Gasteiger partial charge in [-0.3, -0.25) is 0 Å². The van der Waals surface area contributed by atoms with E-state index in [0.29, 0.717) is 34.6 Å². The first-order valence-corrected chi connectivity index (χ1v) is 10.3. The molecule has 0 aliphatic rings. The van der Waals surface area contributed by atoms with Crippen molar-refractivity contribution >= 4 is 22.1 Å². The lowest BCUT2D eigenvalue weighted by atomic mass is 9.98. The minimum Gasteiger partial charge on any atom is -0.508 e. The van der Waals surface area contributed by atoms with Gasteiger partial charge in [0.05, 0.1) is 12.2 Å². The molecule has 30 heavy (non-hydrogen) atoms. The molecule has 2 aromatic carbocycles. The smallest absolute Gasteiger partial charge is 0.380 e. The molecule has 0 amide bonds. The van der Waals surface area contributed by atoms with Gasteiger partial charge >= 0.3 is 10.3 Å². The molecule has 0 aliphatic heterocycles. The minimum absolute atomic E-state index is 0.0286. The van der Waals surface area contributed by atoms with E-state index in [-0.39, 0.29) is 29.7 Å². The largest absolute Gasteiger partial charge is 0.508 e. The summed E-state index contributed by atoms with van der Waals surface area (Å²) >= 11 is 0. The summed E-state index contributed by atoms with van der Waals surface area (Å²) in [6, 6.07) is 9.39. The number of phenols is 1. The zero-order valence-corrected chi connectivity index (χ0v) is 16.9. The molecule has 11 heteroatoms. The molecule has 0 radical (unpaired) electrons. The molecule has 3 rings (SSSR count). The van der Waals surface area contributed by atoms with Crippen LogP contribution in [0.25, 0.3) is 11.1 Å². The van der Waals surface area contributed by atoms with E-state index in [9.17, 15) is 13.5 Å². The van der Waals surface area contributed by atoms with Crippen LogP contribution in [0.5, 0.6) is 17.2 Å². The third kappa shape index (κ3) is 5.07. The van der Waals surface area contributed by atoms with Crippen LogP contribution in [0.4, 0.5) is 11.8 Å². The van der Waals surface area contributed by atoms with Crippen LogP contribution in [-0.4, -0.2) is 30.1 Å². The third-order valence-electron chi connectivity index (χ3n) is 4.10. The molecule has 7 N–H and O–H groups in total. The number of rotatable bonds is 7. The molecule has 0 atom stereocenters. The molecule has 1 aromatic heterocycles. The Morgan fingerprint density at radius 2 is 1.77 bits per heavy atom. The van der Waals surface area contributed by atoms with Gasteiger partial charge in [0.2, 0.25) is 5.95 Å². The van der Waals surface area contributed by atoms with Crippen LogP contribution in [0.1, 0.15) is 18.1 Å². The zero-order chi connectivity index (χ0) is 21.9. The second kappa shape index (κ2) is 8.43. The van der Waals surface area contributed by atoms with E-state index in [0.717, 1.165) is 0 Å². The van der Waals surface area contributed by atoms with Crippen molar-refractivity contribution in [2.45, 2.75) is 13.3 Å². The summed E-state index contributed by atoms with van der Waals surface area (Å²) in [7, 11) is -4.32. The topological polar surface area (TPSA) is 177 Å². The number of nitrogen functional groups attached to an aromatic ring is 2. The Balaban J connectivity index is 2.16. The lowest BCUT2D eigenvalue weighted by molar-refractivity contribution is 0.340. The first-order chi connectivity index (χ1) is 14.2. The van der Waals surface area contributed by atoms with E-state index in [4.69, 9.17) is 25.5 Å². The minimum atomic E-state index is -4.32. The second-order valence-electron chi connectivity index (χ2n) is 6.34. The van der Waals surface area contributed by atoms with Crippen molar-refractivity contribution < 1.29 is 22.4 Å². The molecule has 3 aromatic rings. The van der Waals surface area contributed by atoms with Crippen molar-refractivity contribution in [1.82, 2.24) is 9.97 Å². The molecular formula is C19H21N5O5S. The van der Waals surface area contributed by atoms with Gasteiger partial charge in [0.1, 0.15) is 17.3 Å². The fraction of sp³-hybridized carbons (Fsp3) is 0.158. The standard InChI is InChI=1S/C19H21N5O5S/c1-2-28-15-8-11(7-13-10-23-19(21)24-18(13)20)9-16(29-30(22,26)27)17(15)12-3-5-14(25)6-4-12/h3-6,8-10,25H,2,7H2,1H3,(H2,22,26,27)(H4,20,21,23,24). The monoisotopic (exact) mass is 431 g/mol. The molecule has 0 aliphatic carbocycles. The van der Waals surface area contributed by atoms with Crippen molar-refractivity contribution in [3.63, 3.8) is 0 Å². The highest BCUT2D eigenvalue weighted by molar-refractivity contribution is 7.84. The van der Waals surface area contributed by atoms with E-state index >= 15 is 0 Å². The van der Waals surface area contributed by atoms with Gasteiger partial charge in [-0.1, -0.05) is 12.1 Å². The van der Waals surface area contributed by atoms with Crippen LogP contribution >= 0.6 is 0 Å². The number of nitrogens with zero attached hydrogens (tertiary/aromatic N) is 2. The van der Waals surface area contributed by atoms with Crippen molar-refractivity contribution in [1.29, 1.82) is 0 Å². The lowest BCUT2D eigenvalue weighted by Crippen LogP contribution is -2.19. The van der Waals surface area contributed by atoms with Crippen LogP contribution in [0.3, 0.4) is 0 Å². The number of aromatic hydroxyl groups is 1. The summed E-state index contributed by atoms with van der Waals surface area (Å²) in [4.78, 5) is 7.86. The SMILES string of the molecule is CCOc1cc(Cc2cnc(N)nc2N)cc(OS(N)(=O)=O)c1-c1ccc(O)cc1. The highest BCUT2D eigenvalue weighted by Gasteiger charge is 2.20. The molecule has 158 valence electrons. The third-order valence-corrected chi connectivity index (χ3v) is 4.51. The second-order valence-corrected chi connectivity index (χ2v) is 7.49. The van der Waals surface area contributed by atoms with E-state index in [1.165, 1.54) is 24.4 Å². The Kier molecular flexibility index (Phi) is 5.94. The maximum Gasteiger partial charge on any atom is 0.380 e. The van der Waals surface area contributed by atoms with Crippen molar-refractivity contribution in [2.24, 2.45) is 5.14 Å². The van der Waals surface area contributed by atoms with Gasteiger partial charge < -0.3 is 25.5 Å². The average molecular weight is 431 g/mol. The van der Waals surface area contributed by atoms with Crippen molar-refractivity contribution in [3.8, 4) is 28.4 Å². The van der Waals surface area contributed by atoms with Crippen LogP contribution in [-0.2, 0) is 16.7 Å². The molecule has 0 bridgehead atoms. The van der Waals surface area contributed by atoms with Crippen LogP contribution in [0.2, 0.25) is 0 Å². The summed E-state index contributed by atoms with van der Waals surface area (Å²) in [6.07, 6.45) is 1.76. The Labute approximate surface area is 173 Å². The van der Waals surface area contributed by atoms with Gasteiger partial charge in [0, 0.05) is 18.2 Å². The van der Waals surface area contributed by atoms with Gasteiger partial charge in [-0.25, -0.2) is 4.98 Å². The Morgan fingerprint density at radius 3 is 2.37 bits per heavy atom. The lowest BCUT2D eigenvalue weighted by Gasteiger charge is -2.17. The summed E-state index contributed by atoms with van der Waals surface area (Å²) < 4.78 is 34.2. The van der Waals surface area contributed by atoms with Gasteiger partial charge in [0.15, 0.2) is 5.75 Å². The number of ether oxygens (including phenoxy) is 1. The van der Waals surface area contributed by atoms with Crippen LogP contribution in [0, 0.1) is 0 Å². The first-order valence-electron chi connectivity index (χ1n) is 8.84. The van der Waals surface area contributed by atoms with E-state index in [1.54, 1.807) is 25.1 Å². The highest BCUT2D eigenvalue weighted by Crippen LogP contribution is 2.41. The number of aromatic nitrogens is 2. The van der Waals surface area contributed by atoms with Gasteiger partial charge in [-0.05, 0) is 42.3 Å². The summed E-state index contributed by atoms with van der Waals surface area (Å²) in [5, 5.41) is 14.7. The van der Waals surface area contributed by atoms with Gasteiger partial charge in [-0.2, -0.15) is 18.5 Å². The zero-order valence-electron chi connectivity index (χ0n) is 16.1. The molecule has 0 spiro atoms. The van der Waals surface area contributed by atoms with E-state index in [2.05, 4.69) is 9.97 Å². The molecule has 0 saturated heterocycles. The predicted molar refractivity (Wildman–Crippen MR) is 112 cm³/mol. The fourth-order valence-electron chi connectivity index (χ4n) is 2.91. The number of nitrogens with two attached hydrogens (primary N) is 3. The summed E-state index contributed by atoms with van der Waals surface area (Å²) in [5.74, 6) is 0.651. The van der Waals surface area contributed by atoms with Gasteiger partial charge in [0.25, 0.3) is 0 Å². The summed E-state index contributed by atoms with van der Waals surface area (Å²) in [6.45, 7) is 2.11. The Hall–Kier alpha value is -3.57. The normalized spacial score (nSPS) is 11.3. The Bertz CT molecular complexity index is 1170. The highest BCUT2D eigenvalue weighted by atomic mass is 32.2. The maximum absolute atomic E-state index is 11.7. The molecule has 1 heterocycles. The number of hydrogen-bond acceptors (Lipinski definition) is 9. The first kappa shape index (κ1) is 21.1. The number of anilines is 2. The Morgan fingerprint density at radius 1 is 1.10 bits per heavy atom. The fourth-order valence-corrected chi connectivity index (χ4v) is 3.29. The van der Waals surface area contributed by atoms with Crippen molar-refractivity contribution in [2.75, 3.05) is 18.1 Å². The van der Waals surface area contributed by atoms with Crippen molar-refractivity contribution in [3.05, 3.63) is 53.7 Å². The quantitative estimate of drug-likeness (QED) is 0.432. The average Bonchev–Trinajstić information content (AvgIpc) is 2.64. The summed E-state index contributed by atoms with van der Waals surface area (Å²) in [5.41, 5.74) is 13.6. The molecule has 0 unspecified atom stereocenters. The number of phenolic OH excluding ortho intramolecular Hbond substituents is 1. The molecule has 10 nitrogen and oxygen atoms in total. The van der Waals surface area contributed by atoms with E-state index < -0.39 is 10.3 Å². The van der Waals surface area contributed by atoms with E-state index in [1.807, 2.05) is 0 Å². The van der Waals surface area contributed by atoms with Gasteiger partial charge in [-0.15, -0.1) is 0 Å². The number of hydrogen-bond donors (Lipinski definition) is 4. The predicted octanol–water partition coefficient (Wildman–Crippen LogP) is 1.59. The molecule has 0 saturated carbocycles. The molecular weight excluding hydrogens is 410 g/mol. The number of benzene rings is 2. The van der Waals surface area contributed by atoms with Crippen LogP contribution in [0.15, 0.2) is 42.6 Å². The van der Waals surface area contributed by atoms with Crippen LogP contribution < -0.4 is 25.5 Å². The maximum atomic E-state index is 11.7. The molecule has 0 fully saturated rings.